The second kappa shape index (κ2) is 11.1. The minimum Gasteiger partial charge on any atom is -0.488 e. The second-order valence-corrected chi connectivity index (χ2v) is 7.82. The molecule has 0 aliphatic heterocycles. The summed E-state index contributed by atoms with van der Waals surface area (Å²) in [6, 6.07) is 23.4. The van der Waals surface area contributed by atoms with Crippen LogP contribution in [0.25, 0.3) is 6.08 Å². The summed E-state index contributed by atoms with van der Waals surface area (Å²) in [5.74, 6) is -0.288. The number of nitrogens with one attached hydrogen (secondary N) is 1. The summed E-state index contributed by atoms with van der Waals surface area (Å²) >= 11 is 2.16. The molecule has 0 fully saturated rings. The Kier molecular flexibility index (Phi) is 8.00. The highest BCUT2D eigenvalue weighted by Gasteiger charge is 2.12. The quantitative estimate of drug-likeness (QED) is 0.193. The van der Waals surface area contributed by atoms with Crippen LogP contribution in [-0.2, 0) is 16.1 Å². The highest BCUT2D eigenvalue weighted by molar-refractivity contribution is 14.1. The van der Waals surface area contributed by atoms with Crippen LogP contribution >= 0.6 is 22.6 Å². The van der Waals surface area contributed by atoms with Gasteiger partial charge in [-0.1, -0.05) is 36.4 Å². The van der Waals surface area contributed by atoms with Crippen LogP contribution in [0.15, 0.2) is 78.4 Å². The van der Waals surface area contributed by atoms with Gasteiger partial charge in [0.1, 0.15) is 24.0 Å². The fourth-order valence-corrected chi connectivity index (χ4v) is 3.48. The van der Waals surface area contributed by atoms with Gasteiger partial charge in [-0.15, -0.1) is 0 Å². The van der Waals surface area contributed by atoms with Crippen LogP contribution in [0.1, 0.15) is 21.5 Å². The van der Waals surface area contributed by atoms with E-state index in [1.165, 1.54) is 25.3 Å². The molecule has 0 bridgehead atoms. The zero-order chi connectivity index (χ0) is 22.9. The largest absolute Gasteiger partial charge is 0.488 e. The van der Waals surface area contributed by atoms with Gasteiger partial charge in [0.15, 0.2) is 0 Å². The molecule has 160 valence electrons. The SMILES string of the molecule is COC(=O)c1ccc(NC(=O)/C(C#N)=C/c2ccc(OCc3ccccc3)c(I)c2)cc1. The molecular weight excluding hydrogens is 519 g/mol. The summed E-state index contributed by atoms with van der Waals surface area (Å²) in [7, 11) is 1.30. The van der Waals surface area contributed by atoms with Crippen LogP contribution in [0.5, 0.6) is 5.75 Å². The number of hydrogen-bond donors (Lipinski definition) is 1. The average Bonchev–Trinajstić information content (AvgIpc) is 2.82. The number of carbonyl (C=O) groups excluding carboxylic acids is 2. The van der Waals surface area contributed by atoms with Crippen molar-refractivity contribution < 1.29 is 19.1 Å². The van der Waals surface area contributed by atoms with E-state index in [0.29, 0.717) is 23.4 Å². The molecule has 0 spiro atoms. The summed E-state index contributed by atoms with van der Waals surface area (Å²) < 4.78 is 11.4. The van der Waals surface area contributed by atoms with Gasteiger partial charge in [-0.2, -0.15) is 5.26 Å². The number of hydrogen-bond acceptors (Lipinski definition) is 5. The first-order valence-electron chi connectivity index (χ1n) is 9.58. The third kappa shape index (κ3) is 6.18. The summed E-state index contributed by atoms with van der Waals surface area (Å²) in [5, 5.41) is 12.1. The van der Waals surface area contributed by atoms with Crippen molar-refractivity contribution in [2.24, 2.45) is 0 Å². The number of amides is 1. The number of ether oxygens (including phenoxy) is 2. The molecule has 3 aromatic carbocycles. The van der Waals surface area contributed by atoms with Crippen molar-refractivity contribution in [3.8, 4) is 11.8 Å². The molecule has 0 unspecified atom stereocenters. The van der Waals surface area contributed by atoms with Crippen LogP contribution in [0, 0.1) is 14.9 Å². The normalized spacial score (nSPS) is 10.7. The van der Waals surface area contributed by atoms with Gasteiger partial charge in [0, 0.05) is 5.69 Å². The maximum absolute atomic E-state index is 12.5. The number of methoxy groups -OCH3 is 1. The van der Waals surface area contributed by atoms with Gasteiger partial charge in [0.05, 0.1) is 16.2 Å². The molecule has 3 rings (SSSR count). The number of nitriles is 1. The molecule has 7 heteroatoms. The van der Waals surface area contributed by atoms with E-state index in [-0.39, 0.29) is 5.57 Å². The number of benzene rings is 3. The van der Waals surface area contributed by atoms with Crippen molar-refractivity contribution in [2.45, 2.75) is 6.61 Å². The van der Waals surface area contributed by atoms with E-state index < -0.39 is 11.9 Å². The number of rotatable bonds is 7. The predicted octanol–water partition coefficient (Wildman–Crippen LogP) is 5.20. The van der Waals surface area contributed by atoms with Crippen molar-refractivity contribution in [3.63, 3.8) is 0 Å². The Bertz CT molecular complexity index is 1180. The van der Waals surface area contributed by atoms with Crippen LogP contribution in [0.3, 0.4) is 0 Å². The molecule has 0 heterocycles. The molecule has 0 aromatic heterocycles. The van der Waals surface area contributed by atoms with Crippen LogP contribution in [0.2, 0.25) is 0 Å². The van der Waals surface area contributed by atoms with Crippen molar-refractivity contribution in [3.05, 3.63) is 98.6 Å². The van der Waals surface area contributed by atoms with Gasteiger partial charge in [-0.05, 0) is 76.2 Å². The van der Waals surface area contributed by atoms with Crippen molar-refractivity contribution >= 4 is 46.2 Å². The lowest BCUT2D eigenvalue weighted by atomic mass is 10.1. The monoisotopic (exact) mass is 538 g/mol. The second-order valence-electron chi connectivity index (χ2n) is 6.66. The maximum Gasteiger partial charge on any atom is 0.337 e. The van der Waals surface area contributed by atoms with Gasteiger partial charge in [0.25, 0.3) is 5.91 Å². The van der Waals surface area contributed by atoms with Crippen LogP contribution in [-0.4, -0.2) is 19.0 Å². The summed E-state index contributed by atoms with van der Waals surface area (Å²) in [5.41, 5.74) is 2.55. The number of nitrogens with zero attached hydrogens (tertiary/aromatic N) is 1. The Labute approximate surface area is 199 Å². The van der Waals surface area contributed by atoms with Gasteiger partial charge < -0.3 is 14.8 Å². The summed E-state index contributed by atoms with van der Waals surface area (Å²) in [6.45, 7) is 0.451. The Hall–Kier alpha value is -3.64. The molecule has 0 saturated heterocycles. The van der Waals surface area contributed by atoms with Crippen LogP contribution in [0.4, 0.5) is 5.69 Å². The van der Waals surface area contributed by atoms with E-state index in [4.69, 9.17) is 4.74 Å². The highest BCUT2D eigenvalue weighted by Crippen LogP contribution is 2.24. The molecule has 0 aliphatic rings. The molecule has 1 N–H and O–H groups in total. The van der Waals surface area contributed by atoms with E-state index in [9.17, 15) is 14.9 Å². The molecule has 1 amide bonds. The van der Waals surface area contributed by atoms with Crippen molar-refractivity contribution in [1.82, 2.24) is 0 Å². The molecule has 0 saturated carbocycles. The predicted molar refractivity (Wildman–Crippen MR) is 130 cm³/mol. The van der Waals surface area contributed by atoms with Gasteiger partial charge in [0.2, 0.25) is 0 Å². The molecule has 0 aliphatic carbocycles. The van der Waals surface area contributed by atoms with Crippen molar-refractivity contribution in [2.75, 3.05) is 12.4 Å². The highest BCUT2D eigenvalue weighted by atomic mass is 127. The maximum atomic E-state index is 12.5. The molecule has 0 radical (unpaired) electrons. The van der Waals surface area contributed by atoms with Gasteiger partial charge in [-0.25, -0.2) is 4.79 Å². The molecule has 32 heavy (non-hydrogen) atoms. The number of esters is 1. The van der Waals surface area contributed by atoms with Gasteiger partial charge >= 0.3 is 5.97 Å². The van der Waals surface area contributed by atoms with E-state index >= 15 is 0 Å². The third-order valence-corrected chi connectivity index (χ3v) is 5.28. The topological polar surface area (TPSA) is 88.4 Å². The van der Waals surface area contributed by atoms with E-state index in [1.807, 2.05) is 48.5 Å². The van der Waals surface area contributed by atoms with Crippen molar-refractivity contribution in [1.29, 1.82) is 5.26 Å². The third-order valence-electron chi connectivity index (χ3n) is 4.43. The van der Waals surface area contributed by atoms with E-state index in [1.54, 1.807) is 18.2 Å². The minimum absolute atomic E-state index is 0.0456. The van der Waals surface area contributed by atoms with Gasteiger partial charge in [-0.3, -0.25) is 4.79 Å². The smallest absolute Gasteiger partial charge is 0.337 e. The van der Waals surface area contributed by atoms with E-state index in [2.05, 4.69) is 32.6 Å². The molecule has 3 aromatic rings. The summed E-state index contributed by atoms with van der Waals surface area (Å²) in [4.78, 5) is 24.0. The Morgan fingerprint density at radius 1 is 1.06 bits per heavy atom. The Morgan fingerprint density at radius 2 is 1.78 bits per heavy atom. The number of anilines is 1. The number of halogens is 1. The standard InChI is InChI=1S/C25H19IN2O4/c1-31-25(30)19-8-10-21(11-9-19)28-24(29)20(15-27)13-18-7-12-23(22(26)14-18)32-16-17-5-3-2-4-6-17/h2-14H,16H2,1H3,(H,28,29)/b20-13+. The zero-order valence-corrected chi connectivity index (χ0v) is 19.3. The Balaban J connectivity index is 1.68. The lowest BCUT2D eigenvalue weighted by Crippen LogP contribution is -2.13. The lowest BCUT2D eigenvalue weighted by Gasteiger charge is -2.09. The Morgan fingerprint density at radius 3 is 2.41 bits per heavy atom. The first-order chi connectivity index (χ1) is 15.5. The molecular formula is C25H19IN2O4. The minimum atomic E-state index is -0.544. The summed E-state index contributed by atoms with van der Waals surface area (Å²) in [6.07, 6.45) is 1.52. The fraction of sp³-hybridized carbons (Fsp3) is 0.0800. The van der Waals surface area contributed by atoms with Crippen LogP contribution < -0.4 is 10.1 Å². The zero-order valence-electron chi connectivity index (χ0n) is 17.2. The average molecular weight is 538 g/mol. The fourth-order valence-electron chi connectivity index (χ4n) is 2.78. The van der Waals surface area contributed by atoms with E-state index in [0.717, 1.165) is 14.9 Å². The first kappa shape index (κ1) is 23.0. The first-order valence-corrected chi connectivity index (χ1v) is 10.7. The molecule has 0 atom stereocenters. The lowest BCUT2D eigenvalue weighted by molar-refractivity contribution is -0.112. The number of carbonyl (C=O) groups is 2. The molecule has 6 nitrogen and oxygen atoms in total.